The molecule has 9 heteroatoms. The van der Waals surface area contributed by atoms with Gasteiger partial charge in [-0.3, -0.25) is 9.59 Å². The highest BCUT2D eigenvalue weighted by Crippen LogP contribution is 2.20. The van der Waals surface area contributed by atoms with Crippen LogP contribution in [0.1, 0.15) is 34.7 Å². The molecule has 0 aliphatic carbocycles. The Hall–Kier alpha value is -3.98. The summed E-state index contributed by atoms with van der Waals surface area (Å²) in [7, 11) is -3.36. The number of hydrogen-bond donors (Lipinski definition) is 2. The first kappa shape index (κ1) is 24.2. The van der Waals surface area contributed by atoms with Crippen LogP contribution in [-0.4, -0.2) is 36.0 Å². The van der Waals surface area contributed by atoms with E-state index in [1.54, 1.807) is 53.1 Å². The van der Waals surface area contributed by atoms with Crippen molar-refractivity contribution in [3.63, 3.8) is 0 Å². The molecule has 0 bridgehead atoms. The van der Waals surface area contributed by atoms with Gasteiger partial charge in [0.2, 0.25) is 5.91 Å². The van der Waals surface area contributed by atoms with Crippen molar-refractivity contribution in [1.82, 2.24) is 14.9 Å². The first-order valence-electron chi connectivity index (χ1n) is 11.1. The Bertz CT molecular complexity index is 1480. The quantitative estimate of drug-likeness (QED) is 0.391. The van der Waals surface area contributed by atoms with Gasteiger partial charge >= 0.3 is 0 Å². The minimum absolute atomic E-state index is 0.151. The van der Waals surface area contributed by atoms with Crippen LogP contribution in [0.15, 0.2) is 78.9 Å². The molecule has 4 rings (SSSR count). The Labute approximate surface area is 203 Å². The second-order valence-electron chi connectivity index (χ2n) is 8.37. The molecule has 2 N–H and O–H groups in total. The second-order valence-corrected chi connectivity index (χ2v) is 10.5. The minimum atomic E-state index is -3.36. The molecule has 0 saturated carbocycles. The van der Waals surface area contributed by atoms with Crippen LogP contribution in [0.25, 0.3) is 11.0 Å². The third-order valence-electron chi connectivity index (χ3n) is 5.52. The van der Waals surface area contributed by atoms with Gasteiger partial charge < -0.3 is 15.2 Å². The molecule has 0 aliphatic rings. The minimum Gasteiger partial charge on any atom is -0.345 e. The molecule has 8 nitrogen and oxygen atoms in total. The molecule has 0 saturated heterocycles. The van der Waals surface area contributed by atoms with E-state index in [4.69, 9.17) is 0 Å². The maximum Gasteiger partial charge on any atom is 0.253 e. The number of aromatic nitrogens is 2. The van der Waals surface area contributed by atoms with Gasteiger partial charge in [-0.2, -0.15) is 0 Å². The summed E-state index contributed by atoms with van der Waals surface area (Å²) in [5, 5.41) is 5.76. The molecule has 0 aliphatic heterocycles. The third-order valence-corrected chi connectivity index (χ3v) is 6.30. The van der Waals surface area contributed by atoms with E-state index in [1.165, 1.54) is 0 Å². The van der Waals surface area contributed by atoms with Gasteiger partial charge in [-0.15, -0.1) is 0 Å². The molecule has 180 valence electrons. The van der Waals surface area contributed by atoms with Gasteiger partial charge in [-0.1, -0.05) is 54.6 Å². The highest BCUT2D eigenvalue weighted by molar-refractivity contribution is 7.89. The molecule has 1 aromatic heterocycles. The van der Waals surface area contributed by atoms with E-state index >= 15 is 0 Å². The lowest BCUT2D eigenvalue weighted by atomic mass is 10.1. The van der Waals surface area contributed by atoms with Gasteiger partial charge in [-0.25, -0.2) is 13.4 Å². The van der Waals surface area contributed by atoms with E-state index in [-0.39, 0.29) is 30.1 Å². The van der Waals surface area contributed by atoms with E-state index in [1.807, 2.05) is 37.3 Å². The van der Waals surface area contributed by atoms with Gasteiger partial charge in [0.1, 0.15) is 18.1 Å². The molecule has 35 heavy (non-hydrogen) atoms. The number of rotatable bonds is 8. The monoisotopic (exact) mass is 490 g/mol. The van der Waals surface area contributed by atoms with Crippen molar-refractivity contribution in [1.29, 1.82) is 0 Å². The molecular weight excluding hydrogens is 464 g/mol. The fourth-order valence-corrected chi connectivity index (χ4v) is 4.56. The van der Waals surface area contributed by atoms with Crippen molar-refractivity contribution in [2.24, 2.45) is 0 Å². The molecule has 2 amide bonds. The van der Waals surface area contributed by atoms with Crippen LogP contribution in [0, 0.1) is 0 Å². The maximum absolute atomic E-state index is 13.0. The molecule has 0 radical (unpaired) electrons. The summed E-state index contributed by atoms with van der Waals surface area (Å²) in [4.78, 5) is 30.4. The van der Waals surface area contributed by atoms with Crippen molar-refractivity contribution in [3.8, 4) is 0 Å². The molecular formula is C26H26N4O4S. The highest BCUT2D eigenvalue weighted by Gasteiger charge is 2.19. The molecule has 3 aromatic carbocycles. The Kier molecular flexibility index (Phi) is 6.97. The fourth-order valence-electron chi connectivity index (χ4n) is 3.87. The largest absolute Gasteiger partial charge is 0.345 e. The van der Waals surface area contributed by atoms with Crippen molar-refractivity contribution in [2.75, 3.05) is 11.6 Å². The van der Waals surface area contributed by atoms with Gasteiger partial charge in [0.25, 0.3) is 5.91 Å². The molecule has 0 spiro atoms. The Balaban J connectivity index is 1.54. The summed E-state index contributed by atoms with van der Waals surface area (Å²) in [5.74, 6) is -0.723. The fraction of sp³-hybridized carbons (Fsp3) is 0.192. The molecule has 0 fully saturated rings. The number of amides is 2. The first-order chi connectivity index (χ1) is 16.7. The normalized spacial score (nSPS) is 12.3. The number of benzene rings is 3. The zero-order valence-electron chi connectivity index (χ0n) is 19.4. The van der Waals surface area contributed by atoms with Gasteiger partial charge in [-0.05, 0) is 36.8 Å². The Morgan fingerprint density at radius 2 is 1.60 bits per heavy atom. The number of nitrogens with zero attached hydrogens (tertiary/aromatic N) is 2. The Morgan fingerprint density at radius 3 is 2.34 bits per heavy atom. The number of sulfone groups is 1. The van der Waals surface area contributed by atoms with E-state index in [9.17, 15) is 18.0 Å². The summed E-state index contributed by atoms with van der Waals surface area (Å²) in [6.07, 6.45) is 1.13. The average molecular weight is 491 g/mol. The van der Waals surface area contributed by atoms with Crippen LogP contribution in [0.4, 0.5) is 5.69 Å². The number of carbonyl (C=O) groups excluding carboxylic acids is 2. The maximum atomic E-state index is 13.0. The van der Waals surface area contributed by atoms with Crippen LogP contribution in [0.5, 0.6) is 0 Å². The van der Waals surface area contributed by atoms with Crippen LogP contribution in [-0.2, 0) is 26.9 Å². The van der Waals surface area contributed by atoms with Crippen molar-refractivity contribution < 1.29 is 18.0 Å². The topological polar surface area (TPSA) is 110 Å². The van der Waals surface area contributed by atoms with E-state index < -0.39 is 15.7 Å². The van der Waals surface area contributed by atoms with Crippen LogP contribution < -0.4 is 10.6 Å². The number of nitrogens with one attached hydrogen (secondary N) is 2. The summed E-state index contributed by atoms with van der Waals surface area (Å²) < 4.78 is 25.4. The van der Waals surface area contributed by atoms with Crippen molar-refractivity contribution in [2.45, 2.75) is 25.3 Å². The highest BCUT2D eigenvalue weighted by atomic mass is 32.2. The third kappa shape index (κ3) is 5.93. The number of fused-ring (bicyclic) bond motifs is 1. The zero-order chi connectivity index (χ0) is 25.0. The number of anilines is 1. The summed E-state index contributed by atoms with van der Waals surface area (Å²) in [6, 6.07) is 23.3. The second kappa shape index (κ2) is 10.1. The van der Waals surface area contributed by atoms with E-state index in [2.05, 4.69) is 15.6 Å². The summed E-state index contributed by atoms with van der Waals surface area (Å²) >= 11 is 0. The number of imidazole rings is 1. The zero-order valence-corrected chi connectivity index (χ0v) is 20.2. The van der Waals surface area contributed by atoms with Crippen LogP contribution in [0.3, 0.4) is 0 Å². The number of hydrogen-bond acceptors (Lipinski definition) is 5. The standard InChI is InChI=1S/C26H26N4O4S/c1-18(19-10-4-3-5-11-19)27-26(32)20-12-6-7-13-21(20)29-25(31)16-30-23-15-9-8-14-22(23)28-24(30)17-35(2,33)34/h3-15,18H,16-17H2,1-2H3,(H,27,32)(H,29,31)/t18-/m1/s1. The van der Waals surface area contributed by atoms with Crippen LogP contribution in [0.2, 0.25) is 0 Å². The summed E-state index contributed by atoms with van der Waals surface area (Å²) in [5.41, 5.74) is 2.92. The van der Waals surface area contributed by atoms with Crippen molar-refractivity contribution >= 4 is 38.4 Å². The Morgan fingerprint density at radius 1 is 0.943 bits per heavy atom. The predicted molar refractivity (Wildman–Crippen MR) is 136 cm³/mol. The average Bonchev–Trinajstić information content (AvgIpc) is 3.15. The van der Waals surface area contributed by atoms with E-state index in [0.29, 0.717) is 22.3 Å². The number of carbonyl (C=O) groups is 2. The smallest absolute Gasteiger partial charge is 0.253 e. The van der Waals surface area contributed by atoms with Gasteiger partial charge in [0.15, 0.2) is 9.84 Å². The lowest BCUT2D eigenvalue weighted by Crippen LogP contribution is -2.28. The first-order valence-corrected chi connectivity index (χ1v) is 13.1. The van der Waals surface area contributed by atoms with Crippen molar-refractivity contribution in [3.05, 3.63) is 95.8 Å². The number of para-hydroxylation sites is 3. The molecule has 4 aromatic rings. The van der Waals surface area contributed by atoms with Gasteiger partial charge in [0.05, 0.1) is 28.3 Å². The lowest BCUT2D eigenvalue weighted by molar-refractivity contribution is -0.116. The molecule has 0 unspecified atom stereocenters. The van der Waals surface area contributed by atoms with E-state index in [0.717, 1.165) is 11.8 Å². The predicted octanol–water partition coefficient (Wildman–Crippen LogP) is 3.71. The molecule has 1 atom stereocenters. The molecule has 1 heterocycles. The SMILES string of the molecule is C[C@@H](NC(=O)c1ccccc1NC(=O)Cn1c(CS(C)(=O)=O)nc2ccccc21)c1ccccc1. The summed E-state index contributed by atoms with van der Waals surface area (Å²) in [6.45, 7) is 1.74. The lowest BCUT2D eigenvalue weighted by Gasteiger charge is -2.17. The van der Waals surface area contributed by atoms with Crippen LogP contribution >= 0.6 is 0 Å². The van der Waals surface area contributed by atoms with Gasteiger partial charge in [0, 0.05) is 6.26 Å².